The lowest BCUT2D eigenvalue weighted by Crippen LogP contribution is -2.10. The van der Waals surface area contributed by atoms with Gasteiger partial charge in [0.1, 0.15) is 5.75 Å². The Morgan fingerprint density at radius 2 is 2.17 bits per heavy atom. The fourth-order valence-corrected chi connectivity index (χ4v) is 1.53. The standard InChI is InChI=1S/C11H12ClF2NO3/c1-2-17-10(16)4-6-3-9(18-11(13)14)7(12)5-8(6)15/h3,5,11H,2,4,15H2,1H3. The zero-order valence-electron chi connectivity index (χ0n) is 9.58. The molecule has 0 spiro atoms. The highest BCUT2D eigenvalue weighted by atomic mass is 35.5. The molecule has 1 aromatic carbocycles. The van der Waals surface area contributed by atoms with E-state index in [4.69, 9.17) is 22.1 Å². The van der Waals surface area contributed by atoms with Crippen molar-refractivity contribution in [3.8, 4) is 5.75 Å². The summed E-state index contributed by atoms with van der Waals surface area (Å²) in [6, 6.07) is 2.47. The lowest BCUT2D eigenvalue weighted by molar-refractivity contribution is -0.142. The number of halogens is 3. The van der Waals surface area contributed by atoms with E-state index in [1.54, 1.807) is 6.92 Å². The molecule has 0 fully saturated rings. The van der Waals surface area contributed by atoms with Crippen molar-refractivity contribution in [2.45, 2.75) is 20.0 Å². The van der Waals surface area contributed by atoms with E-state index in [-0.39, 0.29) is 29.5 Å². The first-order chi connectivity index (χ1) is 8.43. The maximum Gasteiger partial charge on any atom is 0.387 e. The molecule has 7 heteroatoms. The molecule has 18 heavy (non-hydrogen) atoms. The van der Waals surface area contributed by atoms with Gasteiger partial charge in [-0.05, 0) is 24.6 Å². The van der Waals surface area contributed by atoms with Gasteiger partial charge in [0.15, 0.2) is 0 Å². The van der Waals surface area contributed by atoms with Gasteiger partial charge >= 0.3 is 12.6 Å². The largest absolute Gasteiger partial charge is 0.466 e. The highest BCUT2D eigenvalue weighted by Gasteiger charge is 2.14. The molecule has 0 aliphatic heterocycles. The Morgan fingerprint density at radius 3 is 2.72 bits per heavy atom. The van der Waals surface area contributed by atoms with Crippen molar-refractivity contribution < 1.29 is 23.0 Å². The summed E-state index contributed by atoms with van der Waals surface area (Å²) in [4.78, 5) is 11.3. The van der Waals surface area contributed by atoms with E-state index in [1.165, 1.54) is 12.1 Å². The van der Waals surface area contributed by atoms with Crippen LogP contribution in [-0.4, -0.2) is 19.2 Å². The van der Waals surface area contributed by atoms with Crippen molar-refractivity contribution in [1.29, 1.82) is 0 Å². The molecule has 2 N–H and O–H groups in total. The van der Waals surface area contributed by atoms with E-state index in [1.807, 2.05) is 0 Å². The average Bonchev–Trinajstić information content (AvgIpc) is 2.24. The topological polar surface area (TPSA) is 61.5 Å². The van der Waals surface area contributed by atoms with Gasteiger partial charge in [0.2, 0.25) is 0 Å². The number of hydrogen-bond acceptors (Lipinski definition) is 4. The fraction of sp³-hybridized carbons (Fsp3) is 0.364. The first kappa shape index (κ1) is 14.5. The third kappa shape index (κ3) is 4.03. The number of carbonyl (C=O) groups excluding carboxylic acids is 1. The molecule has 0 heterocycles. The molecule has 0 radical (unpaired) electrons. The van der Waals surface area contributed by atoms with Crippen LogP contribution in [-0.2, 0) is 16.0 Å². The van der Waals surface area contributed by atoms with Crippen molar-refractivity contribution in [3.63, 3.8) is 0 Å². The SMILES string of the molecule is CCOC(=O)Cc1cc(OC(F)F)c(Cl)cc1N. The number of anilines is 1. The van der Waals surface area contributed by atoms with Crippen LogP contribution < -0.4 is 10.5 Å². The highest BCUT2D eigenvalue weighted by Crippen LogP contribution is 2.31. The van der Waals surface area contributed by atoms with Gasteiger partial charge in [-0.25, -0.2) is 0 Å². The third-order valence-corrected chi connectivity index (χ3v) is 2.35. The van der Waals surface area contributed by atoms with Gasteiger partial charge in [-0.2, -0.15) is 8.78 Å². The second-order valence-electron chi connectivity index (χ2n) is 3.34. The van der Waals surface area contributed by atoms with E-state index < -0.39 is 12.6 Å². The Labute approximate surface area is 108 Å². The summed E-state index contributed by atoms with van der Waals surface area (Å²) in [5.41, 5.74) is 6.17. The van der Waals surface area contributed by atoms with Crippen molar-refractivity contribution in [3.05, 3.63) is 22.7 Å². The lowest BCUT2D eigenvalue weighted by atomic mass is 10.1. The molecule has 0 aliphatic rings. The summed E-state index contributed by atoms with van der Waals surface area (Å²) in [6.45, 7) is -1.11. The Balaban J connectivity index is 2.94. The molecule has 0 aliphatic carbocycles. The zero-order chi connectivity index (χ0) is 13.7. The normalized spacial score (nSPS) is 10.5. The summed E-state index contributed by atoms with van der Waals surface area (Å²) in [5, 5.41) is -0.0413. The molecule has 0 aromatic heterocycles. The smallest absolute Gasteiger partial charge is 0.387 e. The van der Waals surface area contributed by atoms with Crippen molar-refractivity contribution in [2.24, 2.45) is 0 Å². The monoisotopic (exact) mass is 279 g/mol. The van der Waals surface area contributed by atoms with Gasteiger partial charge in [0, 0.05) is 5.69 Å². The van der Waals surface area contributed by atoms with Crippen LogP contribution in [0.3, 0.4) is 0 Å². The molecule has 0 bridgehead atoms. The van der Waals surface area contributed by atoms with Crippen LogP contribution in [0.4, 0.5) is 14.5 Å². The molecule has 0 unspecified atom stereocenters. The summed E-state index contributed by atoms with van der Waals surface area (Å²) in [5.74, 6) is -0.727. The molecular formula is C11H12ClF2NO3. The van der Waals surface area contributed by atoms with Crippen LogP contribution in [0.15, 0.2) is 12.1 Å². The molecule has 1 aromatic rings. The fourth-order valence-electron chi connectivity index (χ4n) is 1.32. The molecule has 100 valence electrons. The predicted molar refractivity (Wildman–Crippen MR) is 62.8 cm³/mol. The average molecular weight is 280 g/mol. The van der Waals surface area contributed by atoms with Gasteiger partial charge in [0.25, 0.3) is 0 Å². The Kier molecular flexibility index (Phi) is 5.15. The number of hydrogen-bond donors (Lipinski definition) is 1. The number of nitrogens with two attached hydrogens (primary N) is 1. The predicted octanol–water partition coefficient (Wildman–Crippen LogP) is 2.63. The van der Waals surface area contributed by atoms with E-state index in [0.29, 0.717) is 5.56 Å². The number of ether oxygens (including phenoxy) is 2. The molecule has 1 rings (SSSR count). The lowest BCUT2D eigenvalue weighted by Gasteiger charge is -2.11. The number of benzene rings is 1. The van der Waals surface area contributed by atoms with Crippen molar-refractivity contribution in [2.75, 3.05) is 12.3 Å². The third-order valence-electron chi connectivity index (χ3n) is 2.05. The van der Waals surface area contributed by atoms with Crippen LogP contribution in [0.1, 0.15) is 12.5 Å². The number of alkyl halides is 2. The number of carbonyl (C=O) groups is 1. The number of nitrogen functional groups attached to an aromatic ring is 1. The van der Waals surface area contributed by atoms with Crippen molar-refractivity contribution in [1.82, 2.24) is 0 Å². The minimum atomic E-state index is -3.00. The van der Waals surface area contributed by atoms with Crippen LogP contribution in [0.2, 0.25) is 5.02 Å². The number of rotatable bonds is 5. The van der Waals surface area contributed by atoms with Crippen LogP contribution in [0.25, 0.3) is 0 Å². The molecule has 0 saturated heterocycles. The van der Waals surface area contributed by atoms with Gasteiger partial charge in [0.05, 0.1) is 18.1 Å². The van der Waals surface area contributed by atoms with Crippen LogP contribution in [0.5, 0.6) is 5.75 Å². The van der Waals surface area contributed by atoms with Gasteiger partial charge in [-0.1, -0.05) is 11.6 Å². The maximum absolute atomic E-state index is 12.1. The highest BCUT2D eigenvalue weighted by molar-refractivity contribution is 6.32. The van der Waals surface area contributed by atoms with E-state index >= 15 is 0 Å². The first-order valence-electron chi connectivity index (χ1n) is 5.12. The second kappa shape index (κ2) is 6.39. The summed E-state index contributed by atoms with van der Waals surface area (Å²) < 4.78 is 33.2. The molecular weight excluding hydrogens is 268 g/mol. The minimum absolute atomic E-state index is 0.0413. The Bertz CT molecular complexity index is 441. The van der Waals surface area contributed by atoms with E-state index in [9.17, 15) is 13.6 Å². The molecule has 0 atom stereocenters. The van der Waals surface area contributed by atoms with Crippen molar-refractivity contribution >= 4 is 23.3 Å². The molecule has 4 nitrogen and oxygen atoms in total. The van der Waals surface area contributed by atoms with Crippen LogP contribution >= 0.6 is 11.6 Å². The molecule has 0 amide bonds. The maximum atomic E-state index is 12.1. The molecule has 0 saturated carbocycles. The summed E-state index contributed by atoms with van der Waals surface area (Å²) in [6.07, 6.45) is -0.129. The summed E-state index contributed by atoms with van der Waals surface area (Å²) >= 11 is 5.69. The Hall–Kier alpha value is -1.56. The van der Waals surface area contributed by atoms with Gasteiger partial charge < -0.3 is 15.2 Å². The Morgan fingerprint density at radius 1 is 1.50 bits per heavy atom. The number of esters is 1. The van der Waals surface area contributed by atoms with Gasteiger partial charge in [-0.3, -0.25) is 4.79 Å². The van der Waals surface area contributed by atoms with E-state index in [0.717, 1.165) is 0 Å². The van der Waals surface area contributed by atoms with Crippen LogP contribution in [0, 0.1) is 0 Å². The van der Waals surface area contributed by atoms with E-state index in [2.05, 4.69) is 4.74 Å². The second-order valence-corrected chi connectivity index (χ2v) is 3.75. The van der Waals surface area contributed by atoms with Gasteiger partial charge in [-0.15, -0.1) is 0 Å². The zero-order valence-corrected chi connectivity index (χ0v) is 10.3. The minimum Gasteiger partial charge on any atom is -0.466 e. The quantitative estimate of drug-likeness (QED) is 0.665. The summed E-state index contributed by atoms with van der Waals surface area (Å²) in [7, 11) is 0. The first-order valence-corrected chi connectivity index (χ1v) is 5.50.